The van der Waals surface area contributed by atoms with E-state index in [2.05, 4.69) is 5.32 Å². The number of carbonyl (C=O) groups is 1. The Kier molecular flexibility index (Phi) is 4.26. The van der Waals surface area contributed by atoms with E-state index >= 15 is 0 Å². The average Bonchev–Trinajstić information content (AvgIpc) is 2.46. The van der Waals surface area contributed by atoms with Crippen molar-refractivity contribution >= 4 is 11.7 Å². The topological polar surface area (TPSA) is 49.3 Å². The predicted molar refractivity (Wildman–Crippen MR) is 80.8 cm³/mol. The first-order chi connectivity index (χ1) is 9.99. The first-order valence-electron chi connectivity index (χ1n) is 6.83. The van der Waals surface area contributed by atoms with E-state index in [4.69, 9.17) is 0 Å². The lowest BCUT2D eigenvalue weighted by Crippen LogP contribution is -2.43. The van der Waals surface area contributed by atoms with Crippen LogP contribution in [0.5, 0.6) is 0 Å². The van der Waals surface area contributed by atoms with E-state index in [-0.39, 0.29) is 0 Å². The molecule has 0 aromatic heterocycles. The molecule has 0 saturated carbocycles. The minimum Gasteiger partial charge on any atom is -0.479 e. The molecule has 3 nitrogen and oxygen atoms in total. The highest BCUT2D eigenvalue weighted by Gasteiger charge is 2.39. The van der Waals surface area contributed by atoms with E-state index in [1.165, 1.54) is 18.2 Å². The van der Waals surface area contributed by atoms with Gasteiger partial charge in [0.15, 0.2) is 5.54 Å². The number of anilines is 1. The fourth-order valence-corrected chi connectivity index (χ4v) is 2.39. The van der Waals surface area contributed by atoms with Crippen LogP contribution < -0.4 is 5.32 Å². The van der Waals surface area contributed by atoms with Gasteiger partial charge in [0.2, 0.25) is 0 Å². The Morgan fingerprint density at radius 1 is 1.24 bits per heavy atom. The molecule has 0 amide bonds. The molecule has 0 aliphatic rings. The summed E-state index contributed by atoms with van der Waals surface area (Å²) >= 11 is 0. The number of hydrogen-bond donors (Lipinski definition) is 2. The molecule has 0 aliphatic carbocycles. The molecule has 2 aromatic carbocycles. The standard InChI is InChI=1S/C17H18FNO2/c1-3-17(16(20)21,13-8-6-9-14(18)11-13)19-15-10-5-4-7-12(15)2/h4-11,19H,3H2,1-2H3,(H,20,21). The summed E-state index contributed by atoms with van der Waals surface area (Å²) in [6, 6.07) is 13.2. The lowest BCUT2D eigenvalue weighted by molar-refractivity contribution is -0.142. The quantitative estimate of drug-likeness (QED) is 0.875. The van der Waals surface area contributed by atoms with Gasteiger partial charge >= 0.3 is 5.97 Å². The highest BCUT2D eigenvalue weighted by atomic mass is 19.1. The zero-order valence-corrected chi connectivity index (χ0v) is 12.1. The summed E-state index contributed by atoms with van der Waals surface area (Å²) in [7, 11) is 0. The van der Waals surface area contributed by atoms with E-state index in [0.29, 0.717) is 12.0 Å². The number of rotatable bonds is 5. The van der Waals surface area contributed by atoms with Crippen LogP contribution in [-0.4, -0.2) is 11.1 Å². The number of aryl methyl sites for hydroxylation is 1. The molecule has 0 radical (unpaired) electrons. The number of halogens is 1. The van der Waals surface area contributed by atoms with Crippen LogP contribution in [0.1, 0.15) is 24.5 Å². The van der Waals surface area contributed by atoms with E-state index in [9.17, 15) is 14.3 Å². The van der Waals surface area contributed by atoms with Crippen LogP contribution in [0.4, 0.5) is 10.1 Å². The molecule has 0 saturated heterocycles. The van der Waals surface area contributed by atoms with Gasteiger partial charge in [-0.25, -0.2) is 9.18 Å². The van der Waals surface area contributed by atoms with Gasteiger partial charge in [0.05, 0.1) is 0 Å². The molecular formula is C17H18FNO2. The van der Waals surface area contributed by atoms with Gasteiger partial charge in [-0.2, -0.15) is 0 Å². The van der Waals surface area contributed by atoms with Crippen LogP contribution in [0.2, 0.25) is 0 Å². The third kappa shape index (κ3) is 2.89. The van der Waals surface area contributed by atoms with E-state index in [1.54, 1.807) is 13.0 Å². The molecule has 0 spiro atoms. The third-order valence-electron chi connectivity index (χ3n) is 3.71. The van der Waals surface area contributed by atoms with Crippen molar-refractivity contribution in [2.75, 3.05) is 5.32 Å². The minimum atomic E-state index is -1.35. The SMILES string of the molecule is CCC(Nc1ccccc1C)(C(=O)O)c1cccc(F)c1. The molecular weight excluding hydrogens is 269 g/mol. The Balaban J connectivity index is 2.53. The van der Waals surface area contributed by atoms with Crippen molar-refractivity contribution in [3.05, 3.63) is 65.5 Å². The molecule has 2 aromatic rings. The number of hydrogen-bond acceptors (Lipinski definition) is 2. The Bertz CT molecular complexity index is 657. The van der Waals surface area contributed by atoms with Crippen molar-refractivity contribution in [3.8, 4) is 0 Å². The lowest BCUT2D eigenvalue weighted by Gasteiger charge is -2.31. The zero-order chi connectivity index (χ0) is 15.5. The Labute approximate surface area is 123 Å². The number of aliphatic carboxylic acids is 1. The summed E-state index contributed by atoms with van der Waals surface area (Å²) in [6.07, 6.45) is 0.292. The predicted octanol–water partition coefficient (Wildman–Crippen LogP) is 3.94. The van der Waals surface area contributed by atoms with Gasteiger partial charge in [-0.1, -0.05) is 37.3 Å². The van der Waals surface area contributed by atoms with Gasteiger partial charge in [-0.3, -0.25) is 0 Å². The zero-order valence-electron chi connectivity index (χ0n) is 12.1. The summed E-state index contributed by atoms with van der Waals surface area (Å²) in [4.78, 5) is 11.9. The second-order valence-corrected chi connectivity index (χ2v) is 5.01. The highest BCUT2D eigenvalue weighted by molar-refractivity contribution is 5.85. The van der Waals surface area contributed by atoms with Crippen LogP contribution in [0.25, 0.3) is 0 Å². The molecule has 110 valence electrons. The maximum absolute atomic E-state index is 13.5. The van der Waals surface area contributed by atoms with Crippen molar-refractivity contribution < 1.29 is 14.3 Å². The van der Waals surface area contributed by atoms with Crippen LogP contribution >= 0.6 is 0 Å². The van der Waals surface area contributed by atoms with Gasteiger partial charge < -0.3 is 10.4 Å². The second-order valence-electron chi connectivity index (χ2n) is 5.01. The van der Waals surface area contributed by atoms with Gasteiger partial charge in [-0.05, 0) is 42.7 Å². The number of carboxylic acid groups (broad SMARTS) is 1. The smallest absolute Gasteiger partial charge is 0.334 e. The van der Waals surface area contributed by atoms with Crippen LogP contribution in [-0.2, 0) is 10.3 Å². The molecule has 4 heteroatoms. The summed E-state index contributed by atoms with van der Waals surface area (Å²) in [5.74, 6) is -1.47. The van der Waals surface area contributed by atoms with Gasteiger partial charge in [0, 0.05) is 5.69 Å². The first-order valence-corrected chi connectivity index (χ1v) is 6.83. The Morgan fingerprint density at radius 3 is 2.52 bits per heavy atom. The lowest BCUT2D eigenvalue weighted by atomic mass is 9.86. The Morgan fingerprint density at radius 2 is 1.95 bits per heavy atom. The molecule has 0 aliphatic heterocycles. The fourth-order valence-electron chi connectivity index (χ4n) is 2.39. The van der Waals surface area contributed by atoms with Crippen molar-refractivity contribution in [1.82, 2.24) is 0 Å². The summed E-state index contributed by atoms with van der Waals surface area (Å²) in [5, 5.41) is 12.8. The average molecular weight is 287 g/mol. The maximum atomic E-state index is 13.5. The molecule has 0 fully saturated rings. The van der Waals surface area contributed by atoms with E-state index < -0.39 is 17.3 Å². The number of benzene rings is 2. The molecule has 1 atom stereocenters. The summed E-state index contributed by atoms with van der Waals surface area (Å²) in [5.41, 5.74) is 0.716. The number of para-hydroxylation sites is 1. The van der Waals surface area contributed by atoms with Crippen LogP contribution in [0, 0.1) is 12.7 Å². The van der Waals surface area contributed by atoms with Gasteiger partial charge in [0.25, 0.3) is 0 Å². The normalized spacial score (nSPS) is 13.5. The summed E-state index contributed by atoms with van der Waals surface area (Å²) < 4.78 is 13.5. The van der Waals surface area contributed by atoms with E-state index in [1.807, 2.05) is 31.2 Å². The van der Waals surface area contributed by atoms with Crippen LogP contribution in [0.15, 0.2) is 48.5 Å². The molecule has 0 bridgehead atoms. The first kappa shape index (κ1) is 15.0. The van der Waals surface area contributed by atoms with Crippen molar-refractivity contribution in [2.45, 2.75) is 25.8 Å². The monoisotopic (exact) mass is 287 g/mol. The minimum absolute atomic E-state index is 0.292. The Hall–Kier alpha value is -2.36. The number of carboxylic acids is 1. The summed E-state index contributed by atoms with van der Waals surface area (Å²) in [6.45, 7) is 3.67. The van der Waals surface area contributed by atoms with Gasteiger partial charge in [-0.15, -0.1) is 0 Å². The maximum Gasteiger partial charge on any atom is 0.334 e. The molecule has 21 heavy (non-hydrogen) atoms. The molecule has 2 N–H and O–H groups in total. The van der Waals surface area contributed by atoms with Gasteiger partial charge in [0.1, 0.15) is 5.82 Å². The molecule has 1 unspecified atom stereocenters. The molecule has 0 heterocycles. The van der Waals surface area contributed by atoms with Crippen LogP contribution in [0.3, 0.4) is 0 Å². The molecule has 2 rings (SSSR count). The second kappa shape index (κ2) is 5.95. The van der Waals surface area contributed by atoms with Crippen molar-refractivity contribution in [2.24, 2.45) is 0 Å². The number of nitrogens with one attached hydrogen (secondary N) is 1. The van der Waals surface area contributed by atoms with Crippen molar-refractivity contribution in [1.29, 1.82) is 0 Å². The highest BCUT2D eigenvalue weighted by Crippen LogP contribution is 2.32. The third-order valence-corrected chi connectivity index (χ3v) is 3.71. The van der Waals surface area contributed by atoms with E-state index in [0.717, 1.165) is 11.3 Å². The largest absolute Gasteiger partial charge is 0.479 e. The fraction of sp³-hybridized carbons (Fsp3) is 0.235. The van der Waals surface area contributed by atoms with Crippen molar-refractivity contribution in [3.63, 3.8) is 0 Å².